The van der Waals surface area contributed by atoms with Crippen LogP contribution in [0.15, 0.2) is 42.5 Å². The molecule has 0 aliphatic carbocycles. The molecule has 24 heavy (non-hydrogen) atoms. The van der Waals surface area contributed by atoms with Gasteiger partial charge in [-0.2, -0.15) is 0 Å². The Balaban J connectivity index is 1.46. The highest BCUT2D eigenvalue weighted by Crippen LogP contribution is 2.32. The van der Waals surface area contributed by atoms with Crippen molar-refractivity contribution >= 4 is 11.9 Å². The predicted octanol–water partition coefficient (Wildman–Crippen LogP) is 2.19. The fraction of sp³-hybridized carbons (Fsp3) is 0.222. The van der Waals surface area contributed by atoms with Crippen LogP contribution in [0.25, 0.3) is 0 Å². The second-order valence-corrected chi connectivity index (χ2v) is 5.41. The van der Waals surface area contributed by atoms with Crippen molar-refractivity contribution in [1.29, 1.82) is 0 Å². The summed E-state index contributed by atoms with van der Waals surface area (Å²) >= 11 is 0. The monoisotopic (exact) mass is 327 g/mol. The molecule has 0 saturated heterocycles. The van der Waals surface area contributed by atoms with Gasteiger partial charge in [0.1, 0.15) is 6.61 Å². The van der Waals surface area contributed by atoms with Crippen LogP contribution in [0.2, 0.25) is 0 Å². The average molecular weight is 327 g/mol. The maximum atomic E-state index is 11.8. The second-order valence-electron chi connectivity index (χ2n) is 5.41. The Kier molecular flexibility index (Phi) is 4.65. The Labute approximate surface area is 139 Å². The zero-order valence-electron chi connectivity index (χ0n) is 13.0. The van der Waals surface area contributed by atoms with E-state index in [-0.39, 0.29) is 25.8 Å². The molecule has 1 amide bonds. The Hall–Kier alpha value is -3.02. The molecular formula is C18H17NO5. The molecule has 3 rings (SSSR count). The number of primary amides is 1. The first-order chi connectivity index (χ1) is 11.6. The SMILES string of the molecule is NC(=O)c1ccc(COC(=O)CCc2ccc3c(c2)OCO3)cc1. The molecule has 0 unspecified atom stereocenters. The van der Waals surface area contributed by atoms with Crippen molar-refractivity contribution in [1.82, 2.24) is 0 Å². The van der Waals surface area contributed by atoms with Gasteiger partial charge in [0, 0.05) is 12.0 Å². The zero-order valence-corrected chi connectivity index (χ0v) is 13.0. The third-order valence-corrected chi connectivity index (χ3v) is 3.69. The molecule has 0 saturated carbocycles. The van der Waals surface area contributed by atoms with Crippen molar-refractivity contribution in [3.63, 3.8) is 0 Å². The molecular weight excluding hydrogens is 310 g/mol. The van der Waals surface area contributed by atoms with Gasteiger partial charge in [0.05, 0.1) is 0 Å². The number of esters is 1. The van der Waals surface area contributed by atoms with Gasteiger partial charge in [0.2, 0.25) is 12.7 Å². The molecule has 1 aliphatic heterocycles. The highest BCUT2D eigenvalue weighted by atomic mass is 16.7. The highest BCUT2D eigenvalue weighted by Gasteiger charge is 2.14. The van der Waals surface area contributed by atoms with Gasteiger partial charge in [-0.3, -0.25) is 9.59 Å². The van der Waals surface area contributed by atoms with Gasteiger partial charge >= 0.3 is 5.97 Å². The van der Waals surface area contributed by atoms with E-state index in [2.05, 4.69) is 0 Å². The van der Waals surface area contributed by atoms with Crippen molar-refractivity contribution in [2.45, 2.75) is 19.4 Å². The molecule has 1 aliphatic rings. The Morgan fingerprint density at radius 1 is 1.00 bits per heavy atom. The van der Waals surface area contributed by atoms with Crippen LogP contribution in [0.1, 0.15) is 27.9 Å². The molecule has 0 radical (unpaired) electrons. The number of ether oxygens (including phenoxy) is 3. The Morgan fingerprint density at radius 2 is 1.71 bits per heavy atom. The number of carbonyl (C=O) groups is 2. The summed E-state index contributed by atoms with van der Waals surface area (Å²) in [6.45, 7) is 0.397. The van der Waals surface area contributed by atoms with Crippen LogP contribution in [-0.4, -0.2) is 18.7 Å². The summed E-state index contributed by atoms with van der Waals surface area (Å²) in [6, 6.07) is 12.3. The van der Waals surface area contributed by atoms with E-state index in [4.69, 9.17) is 19.9 Å². The molecule has 6 heteroatoms. The van der Waals surface area contributed by atoms with Crippen LogP contribution < -0.4 is 15.2 Å². The van der Waals surface area contributed by atoms with Crippen LogP contribution in [0, 0.1) is 0 Å². The summed E-state index contributed by atoms with van der Waals surface area (Å²) in [5.74, 6) is 0.657. The van der Waals surface area contributed by atoms with Crippen molar-refractivity contribution in [3.8, 4) is 11.5 Å². The van der Waals surface area contributed by atoms with E-state index in [1.807, 2.05) is 18.2 Å². The van der Waals surface area contributed by atoms with Crippen LogP contribution in [0.5, 0.6) is 11.5 Å². The smallest absolute Gasteiger partial charge is 0.306 e. The van der Waals surface area contributed by atoms with Gasteiger partial charge in [-0.05, 0) is 41.8 Å². The number of carbonyl (C=O) groups excluding carboxylic acids is 2. The minimum Gasteiger partial charge on any atom is -0.461 e. The number of hydrogen-bond donors (Lipinski definition) is 1. The van der Waals surface area contributed by atoms with Gasteiger partial charge in [0.15, 0.2) is 11.5 Å². The third-order valence-electron chi connectivity index (χ3n) is 3.69. The number of amides is 1. The lowest BCUT2D eigenvalue weighted by Gasteiger charge is -2.06. The first kappa shape index (κ1) is 15.9. The molecule has 2 aromatic carbocycles. The maximum Gasteiger partial charge on any atom is 0.306 e. The quantitative estimate of drug-likeness (QED) is 0.822. The lowest BCUT2D eigenvalue weighted by atomic mass is 10.1. The number of hydrogen-bond acceptors (Lipinski definition) is 5. The molecule has 0 fully saturated rings. The molecule has 1 heterocycles. The van der Waals surface area contributed by atoms with Crippen LogP contribution in [0.3, 0.4) is 0 Å². The summed E-state index contributed by atoms with van der Waals surface area (Å²) < 4.78 is 15.8. The van der Waals surface area contributed by atoms with E-state index in [9.17, 15) is 9.59 Å². The second kappa shape index (κ2) is 7.04. The van der Waals surface area contributed by atoms with Crippen molar-refractivity contribution < 1.29 is 23.8 Å². The van der Waals surface area contributed by atoms with E-state index in [0.717, 1.165) is 16.9 Å². The Bertz CT molecular complexity index is 755. The van der Waals surface area contributed by atoms with Crippen molar-refractivity contribution in [2.75, 3.05) is 6.79 Å². The van der Waals surface area contributed by atoms with Crippen LogP contribution in [-0.2, 0) is 22.6 Å². The summed E-state index contributed by atoms with van der Waals surface area (Å²) in [5, 5.41) is 0. The standard InChI is InChI=1S/C18H17NO5/c19-18(21)14-5-1-13(2-6-14)10-22-17(20)8-4-12-3-7-15-16(9-12)24-11-23-15/h1-3,5-7,9H,4,8,10-11H2,(H2,19,21). The molecule has 124 valence electrons. The molecule has 0 bridgehead atoms. The van der Waals surface area contributed by atoms with Crippen molar-refractivity contribution in [2.24, 2.45) is 5.73 Å². The molecule has 2 N–H and O–H groups in total. The minimum atomic E-state index is -0.484. The minimum absolute atomic E-state index is 0.166. The topological polar surface area (TPSA) is 87.9 Å². The van der Waals surface area contributed by atoms with Crippen molar-refractivity contribution in [3.05, 3.63) is 59.2 Å². The Morgan fingerprint density at radius 3 is 2.46 bits per heavy atom. The van der Waals surface area contributed by atoms with Crippen LogP contribution in [0.4, 0.5) is 0 Å². The van der Waals surface area contributed by atoms with Gasteiger partial charge in [0.25, 0.3) is 0 Å². The third kappa shape index (κ3) is 3.84. The average Bonchev–Trinajstić information content (AvgIpc) is 3.06. The summed E-state index contributed by atoms with van der Waals surface area (Å²) in [6.07, 6.45) is 0.842. The lowest BCUT2D eigenvalue weighted by Crippen LogP contribution is -2.11. The summed E-state index contributed by atoms with van der Waals surface area (Å²) in [5.41, 5.74) is 7.39. The molecule has 0 spiro atoms. The largest absolute Gasteiger partial charge is 0.461 e. The molecule has 2 aromatic rings. The highest BCUT2D eigenvalue weighted by molar-refractivity contribution is 5.92. The van der Waals surface area contributed by atoms with Gasteiger partial charge in [-0.1, -0.05) is 18.2 Å². The van der Waals surface area contributed by atoms with Gasteiger partial charge in [-0.15, -0.1) is 0 Å². The van der Waals surface area contributed by atoms with E-state index < -0.39 is 5.91 Å². The zero-order chi connectivity index (χ0) is 16.9. The molecule has 6 nitrogen and oxygen atoms in total. The maximum absolute atomic E-state index is 11.8. The summed E-state index contributed by atoms with van der Waals surface area (Å²) in [4.78, 5) is 22.8. The fourth-order valence-electron chi connectivity index (χ4n) is 2.34. The van der Waals surface area contributed by atoms with Gasteiger partial charge < -0.3 is 19.9 Å². The van der Waals surface area contributed by atoms with E-state index in [0.29, 0.717) is 17.7 Å². The normalized spacial score (nSPS) is 12.0. The van der Waals surface area contributed by atoms with Crippen LogP contribution >= 0.6 is 0 Å². The number of fused-ring (bicyclic) bond motifs is 1. The summed E-state index contributed by atoms with van der Waals surface area (Å²) in [7, 11) is 0. The number of benzene rings is 2. The number of nitrogens with two attached hydrogens (primary N) is 1. The first-order valence-corrected chi connectivity index (χ1v) is 7.55. The van der Waals surface area contributed by atoms with Gasteiger partial charge in [-0.25, -0.2) is 0 Å². The van der Waals surface area contributed by atoms with E-state index >= 15 is 0 Å². The number of aryl methyl sites for hydroxylation is 1. The van der Waals surface area contributed by atoms with E-state index in [1.54, 1.807) is 24.3 Å². The fourth-order valence-corrected chi connectivity index (χ4v) is 2.34. The molecule has 0 atom stereocenters. The first-order valence-electron chi connectivity index (χ1n) is 7.55. The predicted molar refractivity (Wildman–Crippen MR) is 85.6 cm³/mol. The molecule has 0 aromatic heterocycles. The number of rotatable bonds is 6. The lowest BCUT2D eigenvalue weighted by molar-refractivity contribution is -0.144. The van der Waals surface area contributed by atoms with E-state index in [1.165, 1.54) is 0 Å².